The molecule has 0 amide bonds. The van der Waals surface area contributed by atoms with E-state index >= 15 is 0 Å². The van der Waals surface area contributed by atoms with E-state index in [1.54, 1.807) is 12.1 Å². The van der Waals surface area contributed by atoms with Gasteiger partial charge in [0.25, 0.3) is 0 Å². The van der Waals surface area contributed by atoms with E-state index in [-0.39, 0.29) is 4.42 Å². The second kappa shape index (κ2) is 2.60. The Morgan fingerprint density at radius 2 is 1.67 bits per heavy atom. The Morgan fingerprint density at radius 1 is 1.33 bits per heavy atom. The van der Waals surface area contributed by atoms with Crippen LogP contribution < -0.4 is 0 Å². The standard InChI is InChI=1S/C3H2N2Se/c4-1-3(6)2-5/h6H2. The maximum absolute atomic E-state index is 7.83. The molecule has 0 aromatic carbocycles. The third-order valence-electron chi connectivity index (χ3n) is 0.224. The topological polar surface area (TPSA) is 47.6 Å². The molecule has 0 aliphatic rings. The first-order valence-corrected chi connectivity index (χ1v) is 2.25. The second-order valence-electron chi connectivity index (χ2n) is 0.599. The van der Waals surface area contributed by atoms with E-state index in [4.69, 9.17) is 10.5 Å². The number of rotatable bonds is 0. The zero-order valence-electron chi connectivity index (χ0n) is 2.89. The zero-order chi connectivity index (χ0) is 4.99. The SMILES string of the molecule is N#CC(=[SeH2])C#N. The molecule has 0 fully saturated rings. The normalized spacial score (nSPS) is 5.17. The van der Waals surface area contributed by atoms with Crippen LogP contribution in [0.1, 0.15) is 0 Å². The van der Waals surface area contributed by atoms with E-state index < -0.39 is 0 Å². The van der Waals surface area contributed by atoms with Crippen LogP contribution in [0.4, 0.5) is 0 Å². The molecule has 0 aliphatic carbocycles. The van der Waals surface area contributed by atoms with Crippen molar-refractivity contribution in [3.63, 3.8) is 0 Å². The van der Waals surface area contributed by atoms with Crippen LogP contribution in [0.3, 0.4) is 0 Å². The van der Waals surface area contributed by atoms with Crippen LogP contribution >= 0.6 is 0 Å². The van der Waals surface area contributed by atoms with Crippen LogP contribution in [0, 0.1) is 22.7 Å². The van der Waals surface area contributed by atoms with Gasteiger partial charge in [-0.25, -0.2) is 0 Å². The molecule has 0 atom stereocenters. The quantitative estimate of drug-likeness (QED) is 0.403. The molecule has 0 N–H and O–H groups in total. The number of hydrogen-bond acceptors (Lipinski definition) is 2. The first-order valence-electron chi connectivity index (χ1n) is 1.20. The van der Waals surface area contributed by atoms with Crippen molar-refractivity contribution in [2.24, 2.45) is 0 Å². The first kappa shape index (κ1) is 5.37. The van der Waals surface area contributed by atoms with E-state index in [1.165, 1.54) is 15.6 Å². The molecule has 0 unspecified atom stereocenters. The average Bonchev–Trinajstić information content (AvgIpc) is 1.65. The first-order chi connectivity index (χ1) is 2.81. The molecule has 0 radical (unpaired) electrons. The summed E-state index contributed by atoms with van der Waals surface area (Å²) in [7, 11) is 0. The van der Waals surface area contributed by atoms with Crippen LogP contribution in [0.5, 0.6) is 0 Å². The minimum atomic E-state index is 0.204. The van der Waals surface area contributed by atoms with Gasteiger partial charge in [0, 0.05) is 0 Å². The Bertz CT molecular complexity index is 120. The summed E-state index contributed by atoms with van der Waals surface area (Å²) < 4.78 is 0.204. The molecule has 0 heterocycles. The van der Waals surface area contributed by atoms with Crippen molar-refractivity contribution in [3.8, 4) is 12.1 Å². The van der Waals surface area contributed by atoms with Gasteiger partial charge in [-0.3, -0.25) is 0 Å². The van der Waals surface area contributed by atoms with Gasteiger partial charge < -0.3 is 0 Å². The Labute approximate surface area is 43.4 Å². The molecular weight excluding hydrogens is 143 g/mol. The minimum absolute atomic E-state index is 0.204. The van der Waals surface area contributed by atoms with Crippen molar-refractivity contribution in [3.05, 3.63) is 0 Å². The molecule has 2 nitrogen and oxygen atoms in total. The van der Waals surface area contributed by atoms with Gasteiger partial charge >= 0.3 is 42.7 Å². The van der Waals surface area contributed by atoms with Gasteiger partial charge in [-0.15, -0.1) is 0 Å². The molecule has 0 rings (SSSR count). The summed E-state index contributed by atoms with van der Waals surface area (Å²) in [5.74, 6) is 0. The second-order valence-corrected chi connectivity index (χ2v) is 1.65. The van der Waals surface area contributed by atoms with Gasteiger partial charge in [-0.2, -0.15) is 0 Å². The fraction of sp³-hybridized carbons (Fsp3) is 0. The molecule has 0 bridgehead atoms. The fourth-order valence-corrected chi connectivity index (χ4v) is 0.0250. The van der Waals surface area contributed by atoms with Crippen LogP contribution in [0.25, 0.3) is 0 Å². The van der Waals surface area contributed by atoms with Gasteiger partial charge in [0.1, 0.15) is 0 Å². The Morgan fingerprint density at radius 3 is 1.67 bits per heavy atom. The maximum atomic E-state index is 7.83. The van der Waals surface area contributed by atoms with Crippen molar-refractivity contribution in [1.29, 1.82) is 10.5 Å². The van der Waals surface area contributed by atoms with E-state index in [2.05, 4.69) is 0 Å². The van der Waals surface area contributed by atoms with Crippen LogP contribution in [-0.2, 0) is 0 Å². The molecule has 0 spiro atoms. The monoisotopic (exact) mass is 146 g/mol. The molecule has 0 aromatic rings. The molecule has 0 aliphatic heterocycles. The summed E-state index contributed by atoms with van der Waals surface area (Å²) in [5.41, 5.74) is 0. The molecule has 0 saturated heterocycles. The van der Waals surface area contributed by atoms with Crippen molar-refractivity contribution in [2.45, 2.75) is 0 Å². The third-order valence-corrected chi connectivity index (χ3v) is 0.693. The van der Waals surface area contributed by atoms with Gasteiger partial charge in [0.05, 0.1) is 0 Å². The molecule has 0 saturated carbocycles. The van der Waals surface area contributed by atoms with Crippen molar-refractivity contribution >= 4 is 20.0 Å². The average molecular weight is 145 g/mol. The van der Waals surface area contributed by atoms with E-state index in [9.17, 15) is 0 Å². The summed E-state index contributed by atoms with van der Waals surface area (Å²) in [6, 6.07) is 3.34. The number of nitriles is 2. The fourth-order valence-electron chi connectivity index (χ4n) is 0.0250. The summed E-state index contributed by atoms with van der Waals surface area (Å²) in [6.45, 7) is 0. The molecule has 3 heteroatoms. The Balaban J connectivity index is 3.75. The van der Waals surface area contributed by atoms with E-state index in [1.807, 2.05) is 0 Å². The van der Waals surface area contributed by atoms with Crippen molar-refractivity contribution in [2.75, 3.05) is 0 Å². The van der Waals surface area contributed by atoms with Gasteiger partial charge in [-0.05, 0) is 0 Å². The van der Waals surface area contributed by atoms with Crippen molar-refractivity contribution in [1.82, 2.24) is 0 Å². The molecular formula is C3H2N2Se. The van der Waals surface area contributed by atoms with Crippen LogP contribution in [0.2, 0.25) is 0 Å². The summed E-state index contributed by atoms with van der Waals surface area (Å²) in [6.07, 6.45) is 0. The Kier molecular flexibility index (Phi) is 2.33. The zero-order valence-corrected chi connectivity index (χ0v) is 4.99. The van der Waals surface area contributed by atoms with Gasteiger partial charge in [-0.1, -0.05) is 0 Å². The Hall–Kier alpha value is -0.631. The van der Waals surface area contributed by atoms with Crippen LogP contribution in [0.15, 0.2) is 0 Å². The molecule has 30 valence electrons. The van der Waals surface area contributed by atoms with E-state index in [0.717, 1.165) is 0 Å². The van der Waals surface area contributed by atoms with Crippen LogP contribution in [-0.4, -0.2) is 20.0 Å². The number of nitrogens with zero attached hydrogens (tertiary/aromatic N) is 2. The third kappa shape index (κ3) is 1.67. The molecule has 6 heavy (non-hydrogen) atoms. The van der Waals surface area contributed by atoms with Gasteiger partial charge in [0.15, 0.2) is 0 Å². The van der Waals surface area contributed by atoms with Crippen molar-refractivity contribution < 1.29 is 0 Å². The predicted molar refractivity (Wildman–Crippen MR) is 24.8 cm³/mol. The summed E-state index contributed by atoms with van der Waals surface area (Å²) in [4.78, 5) is 0. The van der Waals surface area contributed by atoms with Gasteiger partial charge in [0.2, 0.25) is 0 Å². The summed E-state index contributed by atoms with van der Waals surface area (Å²) >= 11 is 1.47. The summed E-state index contributed by atoms with van der Waals surface area (Å²) in [5, 5.41) is 15.7. The van der Waals surface area contributed by atoms with E-state index in [0.29, 0.717) is 0 Å². The number of hydrogen-bond donors (Lipinski definition) is 0. The molecule has 0 aromatic heterocycles. The predicted octanol–water partition coefficient (Wildman–Crippen LogP) is -1.16.